The number of hydrogen-bond acceptors (Lipinski definition) is 5. The summed E-state index contributed by atoms with van der Waals surface area (Å²) in [6, 6.07) is 5.44. The Morgan fingerprint density at radius 3 is 3.00 bits per heavy atom. The van der Waals surface area contributed by atoms with Gasteiger partial charge in [0.1, 0.15) is 23.1 Å². The maximum absolute atomic E-state index is 12.0. The first kappa shape index (κ1) is 17.0. The molecule has 25 heavy (non-hydrogen) atoms. The summed E-state index contributed by atoms with van der Waals surface area (Å²) >= 11 is 0. The van der Waals surface area contributed by atoms with Crippen molar-refractivity contribution >= 4 is 12.0 Å². The van der Waals surface area contributed by atoms with Crippen LogP contribution in [0.15, 0.2) is 24.3 Å². The molecule has 0 unspecified atom stereocenters. The molecule has 1 aromatic carbocycles. The zero-order valence-corrected chi connectivity index (χ0v) is 14.5. The van der Waals surface area contributed by atoms with E-state index in [1.807, 2.05) is 18.2 Å². The Hall–Kier alpha value is -2.83. The molecule has 0 aliphatic carbocycles. The third kappa shape index (κ3) is 3.99. The largest absolute Gasteiger partial charge is 0.497 e. The van der Waals surface area contributed by atoms with E-state index < -0.39 is 0 Å². The van der Waals surface area contributed by atoms with Gasteiger partial charge in [0.15, 0.2) is 0 Å². The highest BCUT2D eigenvalue weighted by atomic mass is 16.5. The second kappa shape index (κ2) is 7.83. The topological polar surface area (TPSA) is 78.3 Å². The van der Waals surface area contributed by atoms with Gasteiger partial charge in [0.05, 0.1) is 14.2 Å². The number of carbonyl (C=O) groups is 1. The van der Waals surface area contributed by atoms with Crippen LogP contribution in [0.5, 0.6) is 11.5 Å². The average Bonchev–Trinajstić information content (AvgIpc) is 3.24. The van der Waals surface area contributed by atoms with Crippen LogP contribution >= 0.6 is 0 Å². The molecule has 1 amide bonds. The van der Waals surface area contributed by atoms with E-state index in [0.717, 1.165) is 36.6 Å². The molecule has 2 aromatic rings. The molecule has 2 heterocycles. The second-order valence-electron chi connectivity index (χ2n) is 5.77. The summed E-state index contributed by atoms with van der Waals surface area (Å²) in [5.74, 6) is 3.22. The number of nitrogens with one attached hydrogen (secondary N) is 1. The summed E-state index contributed by atoms with van der Waals surface area (Å²) in [5.41, 5.74) is 0.785. The highest BCUT2D eigenvalue weighted by molar-refractivity contribution is 5.92. The predicted octanol–water partition coefficient (Wildman–Crippen LogP) is 1.61. The average molecular weight is 342 g/mol. The van der Waals surface area contributed by atoms with Gasteiger partial charge in [-0.3, -0.25) is 4.79 Å². The first-order chi connectivity index (χ1) is 12.2. The number of rotatable bonds is 7. The van der Waals surface area contributed by atoms with Gasteiger partial charge in [0.2, 0.25) is 5.91 Å². The van der Waals surface area contributed by atoms with Gasteiger partial charge in [-0.15, -0.1) is 10.2 Å². The van der Waals surface area contributed by atoms with Crippen LogP contribution < -0.4 is 14.8 Å². The Bertz CT molecular complexity index is 783. The fraction of sp³-hybridized carbons (Fsp3) is 0.389. The van der Waals surface area contributed by atoms with Crippen LogP contribution in [0.4, 0.5) is 0 Å². The number of aromatic nitrogens is 3. The molecular formula is C18H22N4O3. The summed E-state index contributed by atoms with van der Waals surface area (Å²) in [6.45, 7) is 1.50. The minimum Gasteiger partial charge on any atom is -0.497 e. The molecular weight excluding hydrogens is 320 g/mol. The Morgan fingerprint density at radius 2 is 2.20 bits per heavy atom. The van der Waals surface area contributed by atoms with Crippen LogP contribution in [0.25, 0.3) is 6.08 Å². The number of ether oxygens (including phenoxy) is 2. The fourth-order valence-corrected chi connectivity index (χ4v) is 2.89. The molecule has 0 saturated carbocycles. The van der Waals surface area contributed by atoms with Crippen LogP contribution in [0.3, 0.4) is 0 Å². The summed E-state index contributed by atoms with van der Waals surface area (Å²) in [6.07, 6.45) is 5.99. The minimum absolute atomic E-state index is 0.161. The van der Waals surface area contributed by atoms with Crippen LogP contribution in [-0.2, 0) is 24.2 Å². The van der Waals surface area contributed by atoms with Crippen LogP contribution in [0.2, 0.25) is 0 Å². The molecule has 0 fully saturated rings. The van der Waals surface area contributed by atoms with Crippen molar-refractivity contribution in [1.82, 2.24) is 20.1 Å². The van der Waals surface area contributed by atoms with Crippen LogP contribution in [0.1, 0.15) is 23.6 Å². The lowest BCUT2D eigenvalue weighted by Crippen LogP contribution is -2.24. The van der Waals surface area contributed by atoms with Crippen molar-refractivity contribution in [3.05, 3.63) is 41.5 Å². The Morgan fingerprint density at radius 1 is 1.32 bits per heavy atom. The third-order valence-electron chi connectivity index (χ3n) is 4.19. The summed E-state index contributed by atoms with van der Waals surface area (Å²) in [5, 5.41) is 11.2. The van der Waals surface area contributed by atoms with E-state index in [2.05, 4.69) is 20.1 Å². The van der Waals surface area contributed by atoms with Gasteiger partial charge in [-0.1, -0.05) is 0 Å². The van der Waals surface area contributed by atoms with Crippen molar-refractivity contribution < 1.29 is 14.3 Å². The number of methoxy groups -OCH3 is 2. The zero-order chi connectivity index (χ0) is 17.6. The maximum atomic E-state index is 12.0. The molecule has 1 aliphatic heterocycles. The lowest BCUT2D eigenvalue weighted by molar-refractivity contribution is -0.116. The van der Waals surface area contributed by atoms with Gasteiger partial charge in [-0.2, -0.15) is 0 Å². The zero-order valence-electron chi connectivity index (χ0n) is 14.5. The monoisotopic (exact) mass is 342 g/mol. The van der Waals surface area contributed by atoms with Crippen molar-refractivity contribution in [3.63, 3.8) is 0 Å². The molecule has 132 valence electrons. The number of benzene rings is 1. The normalized spacial score (nSPS) is 13.0. The molecule has 0 radical (unpaired) electrons. The number of amides is 1. The standard InChI is InChI=1S/C18H22N4O3/c1-24-14-6-7-15(25-2)13(12-14)5-8-18(23)19-10-9-17-21-20-16-4-3-11-22(16)17/h5-8,12H,3-4,9-11H2,1-2H3,(H,19,23). The van der Waals surface area contributed by atoms with Gasteiger partial charge >= 0.3 is 0 Å². The lowest BCUT2D eigenvalue weighted by atomic mass is 10.1. The molecule has 3 rings (SSSR count). The van der Waals surface area contributed by atoms with E-state index in [0.29, 0.717) is 24.5 Å². The van der Waals surface area contributed by atoms with Gasteiger partial charge < -0.3 is 19.4 Å². The van der Waals surface area contributed by atoms with Crippen molar-refractivity contribution in [2.45, 2.75) is 25.8 Å². The number of nitrogens with zero attached hydrogens (tertiary/aromatic N) is 3. The lowest BCUT2D eigenvalue weighted by Gasteiger charge is -2.07. The van der Waals surface area contributed by atoms with Crippen molar-refractivity contribution in [3.8, 4) is 11.5 Å². The fourth-order valence-electron chi connectivity index (χ4n) is 2.89. The molecule has 1 aliphatic rings. The van der Waals surface area contributed by atoms with E-state index in [1.54, 1.807) is 20.3 Å². The Kier molecular flexibility index (Phi) is 5.33. The summed E-state index contributed by atoms with van der Waals surface area (Å²) in [7, 11) is 3.19. The molecule has 7 heteroatoms. The van der Waals surface area contributed by atoms with E-state index in [-0.39, 0.29) is 5.91 Å². The van der Waals surface area contributed by atoms with E-state index >= 15 is 0 Å². The number of hydrogen-bond donors (Lipinski definition) is 1. The van der Waals surface area contributed by atoms with Crippen molar-refractivity contribution in [2.24, 2.45) is 0 Å². The molecule has 0 saturated heterocycles. The third-order valence-corrected chi connectivity index (χ3v) is 4.19. The molecule has 7 nitrogen and oxygen atoms in total. The van der Waals surface area contributed by atoms with Gasteiger partial charge in [-0.05, 0) is 30.7 Å². The van der Waals surface area contributed by atoms with Crippen molar-refractivity contribution in [2.75, 3.05) is 20.8 Å². The van der Waals surface area contributed by atoms with Crippen molar-refractivity contribution in [1.29, 1.82) is 0 Å². The highest BCUT2D eigenvalue weighted by Gasteiger charge is 2.16. The Balaban J connectivity index is 1.54. The molecule has 1 aromatic heterocycles. The van der Waals surface area contributed by atoms with E-state index in [9.17, 15) is 4.79 Å². The van der Waals surface area contributed by atoms with E-state index in [4.69, 9.17) is 9.47 Å². The quantitative estimate of drug-likeness (QED) is 0.774. The number of fused-ring (bicyclic) bond motifs is 1. The van der Waals surface area contributed by atoms with Gasteiger partial charge in [0.25, 0.3) is 0 Å². The van der Waals surface area contributed by atoms with E-state index in [1.165, 1.54) is 6.08 Å². The minimum atomic E-state index is -0.161. The second-order valence-corrected chi connectivity index (χ2v) is 5.77. The van der Waals surface area contributed by atoms with Gasteiger partial charge in [-0.25, -0.2) is 0 Å². The number of carbonyl (C=O) groups excluding carboxylic acids is 1. The predicted molar refractivity (Wildman–Crippen MR) is 93.6 cm³/mol. The van der Waals surface area contributed by atoms with Crippen LogP contribution in [-0.4, -0.2) is 41.4 Å². The smallest absolute Gasteiger partial charge is 0.244 e. The van der Waals surface area contributed by atoms with Crippen LogP contribution in [0, 0.1) is 0 Å². The molecule has 0 bridgehead atoms. The first-order valence-corrected chi connectivity index (χ1v) is 8.30. The highest BCUT2D eigenvalue weighted by Crippen LogP contribution is 2.25. The molecule has 0 atom stereocenters. The molecule has 1 N–H and O–H groups in total. The SMILES string of the molecule is COc1ccc(OC)c(C=CC(=O)NCCc2nnc3n2CCC3)c1. The summed E-state index contributed by atoms with van der Waals surface area (Å²) < 4.78 is 12.6. The molecule has 0 spiro atoms. The first-order valence-electron chi connectivity index (χ1n) is 8.30. The summed E-state index contributed by atoms with van der Waals surface area (Å²) in [4.78, 5) is 12.0. The van der Waals surface area contributed by atoms with Gasteiger partial charge in [0, 0.05) is 37.6 Å². The Labute approximate surface area is 146 Å². The maximum Gasteiger partial charge on any atom is 0.244 e. The number of aryl methyl sites for hydroxylation is 1.